The van der Waals surface area contributed by atoms with Gasteiger partial charge in [-0.15, -0.1) is 11.3 Å². The van der Waals surface area contributed by atoms with Gasteiger partial charge in [0.1, 0.15) is 11.5 Å². The number of thiophene rings is 1. The van der Waals surface area contributed by atoms with Gasteiger partial charge in [-0.3, -0.25) is 4.90 Å². The molecular formula is C17H26N2OS. The fourth-order valence-electron chi connectivity index (χ4n) is 2.37. The second-order valence-corrected chi connectivity index (χ2v) is 7.75. The van der Waals surface area contributed by atoms with Crippen LogP contribution in [0.3, 0.4) is 0 Å². The quantitative estimate of drug-likeness (QED) is 0.905. The molecule has 2 aromatic heterocycles. The maximum Gasteiger partial charge on any atom is 0.118 e. The molecule has 2 rings (SSSR count). The van der Waals surface area contributed by atoms with E-state index in [0.717, 1.165) is 18.1 Å². The highest BCUT2D eigenvalue weighted by atomic mass is 32.1. The smallest absolute Gasteiger partial charge is 0.118 e. The number of rotatable bonds is 5. The Labute approximate surface area is 131 Å². The molecule has 21 heavy (non-hydrogen) atoms. The van der Waals surface area contributed by atoms with Crippen LogP contribution in [-0.2, 0) is 12.0 Å². The summed E-state index contributed by atoms with van der Waals surface area (Å²) in [5.41, 5.74) is 6.21. The first-order chi connectivity index (χ1) is 9.81. The van der Waals surface area contributed by atoms with Crippen LogP contribution in [-0.4, -0.2) is 18.5 Å². The lowest BCUT2D eigenvalue weighted by atomic mass is 9.95. The molecule has 0 aromatic carbocycles. The summed E-state index contributed by atoms with van der Waals surface area (Å²) in [4.78, 5) is 4.99. The van der Waals surface area contributed by atoms with Crippen molar-refractivity contribution in [1.29, 1.82) is 0 Å². The van der Waals surface area contributed by atoms with Crippen LogP contribution in [0.2, 0.25) is 0 Å². The van der Waals surface area contributed by atoms with Crippen molar-refractivity contribution in [2.45, 2.75) is 45.7 Å². The Morgan fingerprint density at radius 3 is 2.43 bits per heavy atom. The van der Waals surface area contributed by atoms with Gasteiger partial charge in [-0.1, -0.05) is 20.8 Å². The third-order valence-corrected chi connectivity index (χ3v) is 5.26. The van der Waals surface area contributed by atoms with Gasteiger partial charge in [0.15, 0.2) is 0 Å². The topological polar surface area (TPSA) is 42.4 Å². The SMILES string of the molecule is Cc1ccc(CN(C)C(CN)c2ccc(C(C)(C)C)s2)o1. The molecule has 0 aliphatic heterocycles. The zero-order valence-electron chi connectivity index (χ0n) is 13.6. The first kappa shape index (κ1) is 16.3. The lowest BCUT2D eigenvalue weighted by Crippen LogP contribution is -2.29. The molecule has 0 fully saturated rings. The van der Waals surface area contributed by atoms with Gasteiger partial charge in [0.05, 0.1) is 12.6 Å². The van der Waals surface area contributed by atoms with Crippen LogP contribution in [0.15, 0.2) is 28.7 Å². The maximum atomic E-state index is 6.02. The van der Waals surface area contributed by atoms with Crippen molar-refractivity contribution in [1.82, 2.24) is 4.90 Å². The number of furan rings is 1. The van der Waals surface area contributed by atoms with E-state index in [1.165, 1.54) is 9.75 Å². The van der Waals surface area contributed by atoms with Gasteiger partial charge in [-0.2, -0.15) is 0 Å². The lowest BCUT2D eigenvalue weighted by Gasteiger charge is -2.25. The standard InChI is InChI=1S/C17H26N2OS/c1-12-6-7-13(20-12)11-19(5)14(10-18)15-8-9-16(21-15)17(2,3)4/h6-9,14H,10-11,18H2,1-5H3. The minimum atomic E-state index is 0.193. The monoisotopic (exact) mass is 306 g/mol. The van der Waals surface area contributed by atoms with E-state index in [-0.39, 0.29) is 11.5 Å². The summed E-state index contributed by atoms with van der Waals surface area (Å²) < 4.78 is 5.67. The van der Waals surface area contributed by atoms with Gasteiger partial charge in [-0.25, -0.2) is 0 Å². The molecule has 2 aromatic rings. The van der Waals surface area contributed by atoms with Gasteiger partial charge in [0.25, 0.3) is 0 Å². The van der Waals surface area contributed by atoms with E-state index in [9.17, 15) is 0 Å². The minimum Gasteiger partial charge on any atom is -0.465 e. The molecule has 2 N–H and O–H groups in total. The van der Waals surface area contributed by atoms with Crippen molar-refractivity contribution < 1.29 is 4.42 Å². The number of nitrogens with zero attached hydrogens (tertiary/aromatic N) is 1. The molecule has 3 nitrogen and oxygen atoms in total. The average molecular weight is 306 g/mol. The van der Waals surface area contributed by atoms with Crippen LogP contribution in [0.25, 0.3) is 0 Å². The van der Waals surface area contributed by atoms with Crippen molar-refractivity contribution in [3.63, 3.8) is 0 Å². The Balaban J connectivity index is 2.13. The molecule has 0 saturated carbocycles. The molecule has 1 unspecified atom stereocenters. The average Bonchev–Trinajstić information content (AvgIpc) is 2.99. The van der Waals surface area contributed by atoms with E-state index in [2.05, 4.69) is 44.9 Å². The predicted octanol–water partition coefficient (Wildman–Crippen LogP) is 4.08. The molecule has 0 bridgehead atoms. The summed E-state index contributed by atoms with van der Waals surface area (Å²) in [6.45, 7) is 10.1. The molecule has 0 radical (unpaired) electrons. The molecule has 0 saturated heterocycles. The van der Waals surface area contributed by atoms with Gasteiger partial charge >= 0.3 is 0 Å². The van der Waals surface area contributed by atoms with Gasteiger partial charge in [0, 0.05) is 16.3 Å². The Hall–Kier alpha value is -1.10. The van der Waals surface area contributed by atoms with Crippen molar-refractivity contribution in [3.05, 3.63) is 45.5 Å². The summed E-state index contributed by atoms with van der Waals surface area (Å²) in [5.74, 6) is 1.94. The van der Waals surface area contributed by atoms with Gasteiger partial charge < -0.3 is 10.2 Å². The Morgan fingerprint density at radius 1 is 1.24 bits per heavy atom. The van der Waals surface area contributed by atoms with Crippen LogP contribution in [0.1, 0.15) is 48.1 Å². The normalized spacial score (nSPS) is 13.9. The van der Waals surface area contributed by atoms with Crippen LogP contribution < -0.4 is 5.73 Å². The molecule has 0 spiro atoms. The van der Waals surface area contributed by atoms with E-state index in [1.54, 1.807) is 0 Å². The highest BCUT2D eigenvalue weighted by Crippen LogP contribution is 2.34. The molecule has 0 amide bonds. The zero-order chi connectivity index (χ0) is 15.6. The number of hydrogen-bond acceptors (Lipinski definition) is 4. The first-order valence-electron chi connectivity index (χ1n) is 7.37. The lowest BCUT2D eigenvalue weighted by molar-refractivity contribution is 0.224. The van der Waals surface area contributed by atoms with Crippen LogP contribution in [0.5, 0.6) is 0 Å². The van der Waals surface area contributed by atoms with Gasteiger partial charge in [-0.05, 0) is 43.7 Å². The Kier molecular flexibility index (Phi) is 4.91. The van der Waals surface area contributed by atoms with Gasteiger partial charge in [0.2, 0.25) is 0 Å². The van der Waals surface area contributed by atoms with Crippen molar-refractivity contribution in [2.24, 2.45) is 5.73 Å². The second-order valence-electron chi connectivity index (χ2n) is 6.63. The van der Waals surface area contributed by atoms with Crippen LogP contribution in [0, 0.1) is 6.92 Å². The summed E-state index contributed by atoms with van der Waals surface area (Å²) in [5, 5.41) is 0. The molecular weight excluding hydrogens is 280 g/mol. The third-order valence-electron chi connectivity index (χ3n) is 3.65. The highest BCUT2D eigenvalue weighted by Gasteiger charge is 2.22. The predicted molar refractivity (Wildman–Crippen MR) is 89.7 cm³/mol. The van der Waals surface area contributed by atoms with Crippen molar-refractivity contribution in [2.75, 3.05) is 13.6 Å². The molecule has 2 heterocycles. The van der Waals surface area contributed by atoms with Crippen LogP contribution >= 0.6 is 11.3 Å². The minimum absolute atomic E-state index is 0.193. The van der Waals surface area contributed by atoms with E-state index in [0.29, 0.717) is 6.54 Å². The zero-order valence-corrected chi connectivity index (χ0v) is 14.5. The van der Waals surface area contributed by atoms with E-state index in [1.807, 2.05) is 30.4 Å². The van der Waals surface area contributed by atoms with Crippen molar-refractivity contribution in [3.8, 4) is 0 Å². The van der Waals surface area contributed by atoms with Crippen LogP contribution in [0.4, 0.5) is 0 Å². The molecule has 116 valence electrons. The largest absolute Gasteiger partial charge is 0.465 e. The number of likely N-dealkylation sites (N-methyl/N-ethyl adjacent to an activating group) is 1. The molecule has 4 heteroatoms. The summed E-state index contributed by atoms with van der Waals surface area (Å²) in [7, 11) is 2.10. The highest BCUT2D eigenvalue weighted by molar-refractivity contribution is 7.12. The molecule has 0 aliphatic rings. The van der Waals surface area contributed by atoms with E-state index >= 15 is 0 Å². The Morgan fingerprint density at radius 2 is 1.95 bits per heavy atom. The third kappa shape index (κ3) is 3.96. The van der Waals surface area contributed by atoms with E-state index < -0.39 is 0 Å². The number of aryl methyl sites for hydroxylation is 1. The first-order valence-corrected chi connectivity index (χ1v) is 8.18. The Bertz CT molecular complexity index is 580. The summed E-state index contributed by atoms with van der Waals surface area (Å²) in [6.07, 6.45) is 0. The number of hydrogen-bond donors (Lipinski definition) is 1. The molecule has 0 aliphatic carbocycles. The maximum absolute atomic E-state index is 6.02. The fraction of sp³-hybridized carbons (Fsp3) is 0.529. The fourth-order valence-corrected chi connectivity index (χ4v) is 3.62. The molecule has 1 atom stereocenters. The van der Waals surface area contributed by atoms with E-state index in [4.69, 9.17) is 10.2 Å². The van der Waals surface area contributed by atoms with Crippen molar-refractivity contribution >= 4 is 11.3 Å². The second kappa shape index (κ2) is 6.34. The number of nitrogens with two attached hydrogens (primary N) is 1. The summed E-state index contributed by atoms with van der Waals surface area (Å²) >= 11 is 1.86. The summed E-state index contributed by atoms with van der Waals surface area (Å²) in [6, 6.07) is 8.72.